The van der Waals surface area contributed by atoms with Crippen molar-refractivity contribution in [1.82, 2.24) is 10.4 Å². The molecule has 0 aromatic carbocycles. The Balaban J connectivity index is 2.61. The summed E-state index contributed by atoms with van der Waals surface area (Å²) in [5.74, 6) is 0.801. The van der Waals surface area contributed by atoms with E-state index >= 15 is 0 Å². The molecule has 0 fully saturated rings. The van der Waals surface area contributed by atoms with Gasteiger partial charge in [0, 0.05) is 6.92 Å². The molecule has 30 valence electrons. The Morgan fingerprint density at radius 3 is 3.00 bits per heavy atom. The van der Waals surface area contributed by atoms with Gasteiger partial charge in [-0.1, -0.05) is 4.99 Å². The number of nitrogens with zero attached hydrogens (tertiary/aromatic N) is 2. The summed E-state index contributed by atoms with van der Waals surface area (Å²) in [6.45, 7) is 1.82. The fraction of sp³-hybridized carbons (Fsp3) is 0.333. The van der Waals surface area contributed by atoms with Crippen LogP contribution in [0.1, 0.15) is 6.92 Å². The minimum Gasteiger partial charge on any atom is -0.122 e. The van der Waals surface area contributed by atoms with Gasteiger partial charge in [-0.05, 0) is 0 Å². The van der Waals surface area contributed by atoms with E-state index in [4.69, 9.17) is 0 Å². The van der Waals surface area contributed by atoms with Crippen LogP contribution < -0.4 is 10.4 Å². The van der Waals surface area contributed by atoms with Crippen LogP contribution in [0.5, 0.6) is 0 Å². The molecule has 0 spiro atoms. The molecule has 0 amide bonds. The quantitative estimate of drug-likeness (QED) is 0.406. The summed E-state index contributed by atoms with van der Waals surface area (Å²) < 4.78 is 0. The number of nitrogens with one attached hydrogen (secondary N) is 1. The van der Waals surface area contributed by atoms with Crippen LogP contribution in [0.2, 0.25) is 0 Å². The summed E-state index contributed by atoms with van der Waals surface area (Å²) >= 11 is 0. The lowest BCUT2D eigenvalue weighted by Crippen LogP contribution is -2.10. The third-order valence-corrected chi connectivity index (χ3v) is 0.485. The van der Waals surface area contributed by atoms with Crippen molar-refractivity contribution in [3.63, 3.8) is 0 Å². The van der Waals surface area contributed by atoms with Gasteiger partial charge >= 0.3 is 6.34 Å². The molecule has 3 heteroatoms. The normalized spacial score (nSPS) is 17.2. The van der Waals surface area contributed by atoms with E-state index in [2.05, 4.69) is 21.9 Å². The van der Waals surface area contributed by atoms with Crippen molar-refractivity contribution in [3.8, 4) is 0 Å². The number of hydrogen-bond acceptors (Lipinski definition) is 3. The Bertz CT molecular complexity index is 103. The van der Waals surface area contributed by atoms with E-state index in [1.165, 1.54) is 0 Å². The van der Waals surface area contributed by atoms with Crippen molar-refractivity contribution in [2.45, 2.75) is 6.92 Å². The van der Waals surface area contributed by atoms with Crippen molar-refractivity contribution in [2.24, 2.45) is 5.10 Å². The first-order chi connectivity index (χ1) is 2.89. The predicted octanol–water partition coefficient (Wildman–Crippen LogP) is -0.836. The van der Waals surface area contributed by atoms with Gasteiger partial charge in [0.1, 0.15) is 0 Å². The van der Waals surface area contributed by atoms with Gasteiger partial charge in [-0.2, -0.15) is 0 Å². The maximum atomic E-state index is 3.62. The van der Waals surface area contributed by atoms with Crippen LogP contribution in [0, 0.1) is 0 Å². The minimum atomic E-state index is 0.801. The van der Waals surface area contributed by atoms with E-state index in [0.717, 1.165) is 5.84 Å². The smallest absolute Gasteiger partial charge is 0.122 e. The van der Waals surface area contributed by atoms with Gasteiger partial charge in [0.05, 0.1) is 5.10 Å². The summed E-state index contributed by atoms with van der Waals surface area (Å²) in [5, 5.41) is 3.46. The lowest BCUT2D eigenvalue weighted by molar-refractivity contribution is 1.06. The highest BCUT2D eigenvalue weighted by atomic mass is 15.4. The van der Waals surface area contributed by atoms with E-state index in [1.807, 2.05) is 6.92 Å². The molecule has 6 heavy (non-hydrogen) atoms. The topological polar surface area (TPSA) is 38.5 Å². The highest BCUT2D eigenvalue weighted by molar-refractivity contribution is 5.87. The van der Waals surface area contributed by atoms with Gasteiger partial charge in [0.25, 0.3) is 5.84 Å². The zero-order valence-corrected chi connectivity index (χ0v) is 3.39. The van der Waals surface area contributed by atoms with Crippen LogP contribution in [0.15, 0.2) is 5.10 Å². The van der Waals surface area contributed by atoms with Crippen LogP contribution >= 0.6 is 0 Å². The Hall–Kier alpha value is -0.860. The second-order valence-corrected chi connectivity index (χ2v) is 1.02. The Labute approximate surface area is 35.8 Å². The number of amidine groups is 1. The van der Waals surface area contributed by atoms with Crippen molar-refractivity contribution in [3.05, 3.63) is 0 Å². The van der Waals surface area contributed by atoms with Gasteiger partial charge in [-0.3, -0.25) is 0 Å². The Morgan fingerprint density at radius 1 is 2.00 bits per heavy atom. The van der Waals surface area contributed by atoms with Crippen molar-refractivity contribution in [1.29, 1.82) is 0 Å². The molecule has 1 rings (SSSR count). The van der Waals surface area contributed by atoms with Crippen LogP contribution in [0.4, 0.5) is 0 Å². The van der Waals surface area contributed by atoms with Crippen molar-refractivity contribution < 1.29 is 0 Å². The van der Waals surface area contributed by atoms with Gasteiger partial charge < -0.3 is 0 Å². The van der Waals surface area contributed by atoms with Crippen LogP contribution in [0.3, 0.4) is 0 Å². The molecule has 0 aromatic rings. The van der Waals surface area contributed by atoms with Crippen LogP contribution in [-0.4, -0.2) is 12.2 Å². The van der Waals surface area contributed by atoms with Crippen LogP contribution in [0.25, 0.3) is 0 Å². The zero-order valence-electron chi connectivity index (χ0n) is 3.39. The molecule has 1 aliphatic rings. The van der Waals surface area contributed by atoms with E-state index in [9.17, 15) is 0 Å². The largest absolute Gasteiger partial charge is 0.418 e. The average molecular weight is 82.1 g/mol. The molecule has 0 unspecified atom stereocenters. The second-order valence-electron chi connectivity index (χ2n) is 1.02. The molecule has 0 aromatic heterocycles. The third kappa shape index (κ3) is 0.381. The van der Waals surface area contributed by atoms with Crippen molar-refractivity contribution >= 4 is 12.2 Å². The second kappa shape index (κ2) is 1.08. The van der Waals surface area contributed by atoms with Gasteiger partial charge in [0.15, 0.2) is 0 Å². The third-order valence-electron chi connectivity index (χ3n) is 0.485. The average Bonchev–Trinajstić information content (AvgIpc) is 1.86. The van der Waals surface area contributed by atoms with E-state index in [0.29, 0.717) is 0 Å². The Kier molecular flexibility index (Phi) is 0.602. The van der Waals surface area contributed by atoms with Crippen molar-refractivity contribution in [2.75, 3.05) is 0 Å². The van der Waals surface area contributed by atoms with E-state index in [1.54, 1.807) is 0 Å². The molecule has 0 bridgehead atoms. The standard InChI is InChI=1S/C3H4N3/c1-3-4-2-5-6-3/h1H3,(H,5,6)/q+1. The molecule has 0 atom stereocenters. The molecule has 1 N–H and O–H groups in total. The SMILES string of the molecule is CC1=[N+][C]=NN1. The van der Waals surface area contributed by atoms with Gasteiger partial charge in [-0.15, -0.1) is 5.43 Å². The summed E-state index contributed by atoms with van der Waals surface area (Å²) in [6, 6.07) is 0. The first kappa shape index (κ1) is 3.33. The first-order valence-electron chi connectivity index (χ1n) is 1.64. The van der Waals surface area contributed by atoms with Crippen LogP contribution in [-0.2, 0) is 0 Å². The number of hydrazone groups is 1. The van der Waals surface area contributed by atoms with Gasteiger partial charge in [-0.25, -0.2) is 0 Å². The highest BCUT2D eigenvalue weighted by Gasteiger charge is 2.02. The number of rotatable bonds is 0. The van der Waals surface area contributed by atoms with E-state index in [-0.39, 0.29) is 0 Å². The monoisotopic (exact) mass is 82.0 g/mol. The maximum absolute atomic E-state index is 3.62. The molecule has 0 saturated carbocycles. The summed E-state index contributed by atoms with van der Waals surface area (Å²) in [4.78, 5) is 3.62. The molecular formula is C3H4N3+. The van der Waals surface area contributed by atoms with E-state index < -0.39 is 0 Å². The molecular weight excluding hydrogens is 78.1 g/mol. The summed E-state index contributed by atoms with van der Waals surface area (Å²) in [7, 11) is 0. The zero-order chi connectivity index (χ0) is 4.41. The molecule has 2 radical (unpaired) electrons. The number of hydrogen-bond donors (Lipinski definition) is 1. The lowest BCUT2D eigenvalue weighted by Gasteiger charge is -1.67. The van der Waals surface area contributed by atoms with Gasteiger partial charge in [0.2, 0.25) is 0 Å². The fourth-order valence-corrected chi connectivity index (χ4v) is 0.231. The molecule has 1 heterocycles. The summed E-state index contributed by atoms with van der Waals surface area (Å²) in [5.41, 5.74) is 2.58. The molecule has 1 aliphatic heterocycles. The highest BCUT2D eigenvalue weighted by Crippen LogP contribution is 1.64. The number of aliphatic imine (C=N–C) groups is 1. The molecule has 0 saturated heterocycles. The maximum Gasteiger partial charge on any atom is 0.418 e. The fourth-order valence-electron chi connectivity index (χ4n) is 0.231. The lowest BCUT2D eigenvalue weighted by atomic mass is 10.7. The first-order valence-corrected chi connectivity index (χ1v) is 1.64. The molecule has 3 nitrogen and oxygen atoms in total. The predicted molar refractivity (Wildman–Crippen MR) is 23.4 cm³/mol. The molecule has 0 aliphatic carbocycles. The Morgan fingerprint density at radius 2 is 2.83 bits per heavy atom. The minimum absolute atomic E-state index is 0.801. The summed E-state index contributed by atoms with van der Waals surface area (Å²) in [6.07, 6.45) is 2.37.